The summed E-state index contributed by atoms with van der Waals surface area (Å²) in [4.78, 5) is 16.4. The number of anilines is 1. The van der Waals surface area contributed by atoms with E-state index in [4.69, 9.17) is 4.74 Å². The van der Waals surface area contributed by atoms with E-state index in [0.29, 0.717) is 13.2 Å². The highest BCUT2D eigenvalue weighted by Gasteiger charge is 2.22. The van der Waals surface area contributed by atoms with Gasteiger partial charge in [0.1, 0.15) is 6.10 Å². The number of hydrogen-bond donors (Lipinski definition) is 2. The van der Waals surface area contributed by atoms with Gasteiger partial charge in [0.2, 0.25) is 0 Å². The summed E-state index contributed by atoms with van der Waals surface area (Å²) in [6.45, 7) is 1.91. The average molecular weight is 257 g/mol. The first-order valence-corrected chi connectivity index (χ1v) is 6.31. The third kappa shape index (κ3) is 2.57. The average Bonchev–Trinajstić information content (AvgIpc) is 2.48. The van der Waals surface area contributed by atoms with Gasteiger partial charge in [-0.05, 0) is 24.3 Å². The molecule has 0 bridgehead atoms. The van der Waals surface area contributed by atoms with Gasteiger partial charge in [0.25, 0.3) is 5.91 Å². The number of nitrogens with zero attached hydrogens (tertiary/aromatic N) is 1. The second kappa shape index (κ2) is 5.34. The predicted octanol–water partition coefficient (Wildman–Crippen LogP) is 1.16. The summed E-state index contributed by atoms with van der Waals surface area (Å²) in [5.41, 5.74) is 1.63. The minimum absolute atomic E-state index is 0.122. The maximum absolute atomic E-state index is 12.1. The van der Waals surface area contributed by atoms with Crippen molar-refractivity contribution >= 4 is 22.5 Å². The fraction of sp³-hybridized carbons (Fsp3) is 0.286. The van der Waals surface area contributed by atoms with Crippen molar-refractivity contribution in [2.24, 2.45) is 0 Å². The number of benzene rings is 1. The fourth-order valence-electron chi connectivity index (χ4n) is 2.16. The van der Waals surface area contributed by atoms with Crippen LogP contribution >= 0.6 is 0 Å². The minimum Gasteiger partial charge on any atom is -0.366 e. The molecule has 98 valence electrons. The second-order valence-corrected chi connectivity index (χ2v) is 4.43. The number of rotatable bonds is 2. The van der Waals surface area contributed by atoms with Crippen LogP contribution in [0.5, 0.6) is 0 Å². The Morgan fingerprint density at radius 1 is 1.37 bits per heavy atom. The maximum atomic E-state index is 12.1. The summed E-state index contributed by atoms with van der Waals surface area (Å²) in [6.07, 6.45) is 1.31. The molecule has 1 aromatic carbocycles. The molecule has 19 heavy (non-hydrogen) atoms. The molecule has 3 rings (SSSR count). The Morgan fingerprint density at radius 2 is 2.32 bits per heavy atom. The zero-order valence-electron chi connectivity index (χ0n) is 10.4. The van der Waals surface area contributed by atoms with Crippen molar-refractivity contribution in [2.75, 3.05) is 25.0 Å². The van der Waals surface area contributed by atoms with Crippen LogP contribution in [0.1, 0.15) is 0 Å². The first kappa shape index (κ1) is 12.1. The largest absolute Gasteiger partial charge is 0.366 e. The SMILES string of the molecule is O=C(Nc1cccc2ncccc12)C1CNCCO1. The second-order valence-electron chi connectivity index (χ2n) is 4.43. The van der Waals surface area contributed by atoms with Gasteiger partial charge in [-0.3, -0.25) is 9.78 Å². The van der Waals surface area contributed by atoms with Gasteiger partial charge in [-0.15, -0.1) is 0 Å². The summed E-state index contributed by atoms with van der Waals surface area (Å²) in [6, 6.07) is 9.47. The molecule has 1 saturated heterocycles. The number of carbonyl (C=O) groups is 1. The molecule has 1 fully saturated rings. The Morgan fingerprint density at radius 3 is 3.16 bits per heavy atom. The highest BCUT2D eigenvalue weighted by molar-refractivity contribution is 6.02. The molecule has 5 heteroatoms. The number of aromatic nitrogens is 1. The molecule has 1 unspecified atom stereocenters. The summed E-state index contributed by atoms with van der Waals surface area (Å²) in [7, 11) is 0. The lowest BCUT2D eigenvalue weighted by Gasteiger charge is -2.22. The number of nitrogens with one attached hydrogen (secondary N) is 2. The molecular weight excluding hydrogens is 242 g/mol. The van der Waals surface area contributed by atoms with Gasteiger partial charge < -0.3 is 15.4 Å². The number of hydrogen-bond acceptors (Lipinski definition) is 4. The Balaban J connectivity index is 1.82. The van der Waals surface area contributed by atoms with Gasteiger partial charge in [0.15, 0.2) is 0 Å². The van der Waals surface area contributed by atoms with Gasteiger partial charge in [0.05, 0.1) is 17.8 Å². The van der Waals surface area contributed by atoms with E-state index >= 15 is 0 Å². The Bertz CT molecular complexity index is 589. The molecule has 1 aliphatic rings. The van der Waals surface area contributed by atoms with Crippen molar-refractivity contribution in [3.63, 3.8) is 0 Å². The highest BCUT2D eigenvalue weighted by Crippen LogP contribution is 2.21. The quantitative estimate of drug-likeness (QED) is 0.847. The molecule has 0 saturated carbocycles. The third-order valence-electron chi connectivity index (χ3n) is 3.12. The van der Waals surface area contributed by atoms with Crippen molar-refractivity contribution in [1.82, 2.24) is 10.3 Å². The summed E-state index contributed by atoms with van der Waals surface area (Å²) in [5, 5.41) is 6.98. The van der Waals surface area contributed by atoms with Crippen molar-refractivity contribution in [3.05, 3.63) is 36.5 Å². The molecule has 1 aromatic heterocycles. The van der Waals surface area contributed by atoms with Crippen LogP contribution in [-0.4, -0.2) is 36.7 Å². The molecule has 0 spiro atoms. The zero-order chi connectivity index (χ0) is 13.1. The predicted molar refractivity (Wildman–Crippen MR) is 73.0 cm³/mol. The monoisotopic (exact) mass is 257 g/mol. The van der Waals surface area contributed by atoms with Crippen molar-refractivity contribution < 1.29 is 9.53 Å². The first-order valence-electron chi connectivity index (χ1n) is 6.31. The van der Waals surface area contributed by atoms with Crippen molar-refractivity contribution in [2.45, 2.75) is 6.10 Å². The highest BCUT2D eigenvalue weighted by atomic mass is 16.5. The van der Waals surface area contributed by atoms with Crippen LogP contribution in [0.2, 0.25) is 0 Å². The van der Waals surface area contributed by atoms with E-state index in [1.165, 1.54) is 0 Å². The Hall–Kier alpha value is -1.98. The number of fused-ring (bicyclic) bond motifs is 1. The lowest BCUT2D eigenvalue weighted by Crippen LogP contribution is -2.45. The van der Waals surface area contributed by atoms with Crippen LogP contribution in [0.15, 0.2) is 36.5 Å². The lowest BCUT2D eigenvalue weighted by molar-refractivity contribution is -0.128. The third-order valence-corrected chi connectivity index (χ3v) is 3.12. The Labute approximate surface area is 111 Å². The maximum Gasteiger partial charge on any atom is 0.254 e. The number of amides is 1. The molecule has 0 radical (unpaired) electrons. The van der Waals surface area contributed by atoms with Crippen molar-refractivity contribution in [1.29, 1.82) is 0 Å². The van der Waals surface area contributed by atoms with Crippen LogP contribution in [0.25, 0.3) is 10.9 Å². The molecule has 2 heterocycles. The molecule has 2 aromatic rings. The van der Waals surface area contributed by atoms with Gasteiger partial charge >= 0.3 is 0 Å². The number of ether oxygens (including phenoxy) is 1. The van der Waals surface area contributed by atoms with E-state index in [0.717, 1.165) is 23.1 Å². The fourth-order valence-corrected chi connectivity index (χ4v) is 2.16. The van der Waals surface area contributed by atoms with Gasteiger partial charge in [0, 0.05) is 24.7 Å². The van der Waals surface area contributed by atoms with Gasteiger partial charge in [-0.2, -0.15) is 0 Å². The van der Waals surface area contributed by atoms with Crippen LogP contribution in [0.4, 0.5) is 5.69 Å². The smallest absolute Gasteiger partial charge is 0.254 e. The normalized spacial score (nSPS) is 19.3. The van der Waals surface area contributed by atoms with Crippen molar-refractivity contribution in [3.8, 4) is 0 Å². The number of carbonyl (C=O) groups excluding carboxylic acids is 1. The minimum atomic E-state index is -0.430. The van der Waals surface area contributed by atoms with E-state index in [-0.39, 0.29) is 5.91 Å². The van der Waals surface area contributed by atoms with Crippen LogP contribution < -0.4 is 10.6 Å². The zero-order valence-corrected chi connectivity index (χ0v) is 10.4. The van der Waals surface area contributed by atoms with Gasteiger partial charge in [-0.25, -0.2) is 0 Å². The molecule has 1 amide bonds. The summed E-state index contributed by atoms with van der Waals surface area (Å²) >= 11 is 0. The first-order chi connectivity index (χ1) is 9.34. The van der Waals surface area contributed by atoms with Crippen LogP contribution in [0, 0.1) is 0 Å². The van der Waals surface area contributed by atoms with E-state index in [1.807, 2.05) is 30.3 Å². The van der Waals surface area contributed by atoms with Gasteiger partial charge in [-0.1, -0.05) is 6.07 Å². The molecule has 1 atom stereocenters. The van der Waals surface area contributed by atoms with E-state index in [9.17, 15) is 4.79 Å². The standard InChI is InChI=1S/C14H15N3O2/c18-14(13-9-15-7-8-19-13)17-12-5-1-4-11-10(12)3-2-6-16-11/h1-6,13,15H,7-9H2,(H,17,18). The lowest BCUT2D eigenvalue weighted by atomic mass is 10.1. The van der Waals surface area contributed by atoms with E-state index < -0.39 is 6.10 Å². The van der Waals surface area contributed by atoms with E-state index in [2.05, 4.69) is 15.6 Å². The Kier molecular flexibility index (Phi) is 3.39. The van der Waals surface area contributed by atoms with Crippen LogP contribution in [-0.2, 0) is 9.53 Å². The molecule has 0 aliphatic carbocycles. The number of pyridine rings is 1. The van der Waals surface area contributed by atoms with E-state index in [1.54, 1.807) is 6.20 Å². The summed E-state index contributed by atoms with van der Waals surface area (Å²) in [5.74, 6) is -0.122. The number of morpholine rings is 1. The molecule has 2 N–H and O–H groups in total. The molecular formula is C14H15N3O2. The molecule has 5 nitrogen and oxygen atoms in total. The summed E-state index contributed by atoms with van der Waals surface area (Å²) < 4.78 is 5.43. The van der Waals surface area contributed by atoms with Crippen LogP contribution in [0.3, 0.4) is 0 Å². The molecule has 1 aliphatic heterocycles. The topological polar surface area (TPSA) is 63.2 Å².